The molecule has 0 saturated heterocycles. The van der Waals surface area contributed by atoms with Crippen molar-refractivity contribution in [2.24, 2.45) is 17.3 Å². The average molecular weight is 150 g/mol. The molecule has 0 aliphatic heterocycles. The zero-order valence-electron chi connectivity index (χ0n) is 8.07. The van der Waals surface area contributed by atoms with Crippen molar-refractivity contribution < 1.29 is 0 Å². The van der Waals surface area contributed by atoms with Crippen molar-refractivity contribution in [2.45, 2.75) is 40.5 Å². The number of allylic oxidation sites excluding steroid dienone is 2. The van der Waals surface area contributed by atoms with Crippen LogP contribution in [0.25, 0.3) is 0 Å². The van der Waals surface area contributed by atoms with Gasteiger partial charge in [-0.3, -0.25) is 0 Å². The van der Waals surface area contributed by atoms with Crippen LogP contribution in [0.4, 0.5) is 0 Å². The van der Waals surface area contributed by atoms with E-state index < -0.39 is 0 Å². The maximum Gasteiger partial charge on any atom is 0.00126 e. The molecule has 0 bridgehead atoms. The zero-order chi connectivity index (χ0) is 8.22. The standard InChI is InChI=1S/C11H18/c1-5-8(4)10-9-6-11(9,10)7(2)3/h7,9H,5-6H2,1-4H3. The highest BCUT2D eigenvalue weighted by molar-refractivity contribution is 5.53. The Kier molecular flexibility index (Phi) is 1.28. The first-order valence-electron chi connectivity index (χ1n) is 4.84. The first-order valence-corrected chi connectivity index (χ1v) is 4.84. The van der Waals surface area contributed by atoms with Gasteiger partial charge in [0.2, 0.25) is 0 Å². The van der Waals surface area contributed by atoms with E-state index in [4.69, 9.17) is 0 Å². The van der Waals surface area contributed by atoms with E-state index in [1.54, 1.807) is 5.57 Å². The van der Waals surface area contributed by atoms with Gasteiger partial charge in [-0.25, -0.2) is 0 Å². The van der Waals surface area contributed by atoms with Gasteiger partial charge in [0.15, 0.2) is 0 Å². The van der Waals surface area contributed by atoms with Crippen LogP contribution in [0, 0.1) is 17.3 Å². The Hall–Kier alpha value is -0.260. The van der Waals surface area contributed by atoms with Gasteiger partial charge in [0.1, 0.15) is 0 Å². The minimum atomic E-state index is 0.736. The summed E-state index contributed by atoms with van der Waals surface area (Å²) in [6.45, 7) is 9.33. The third-order valence-corrected chi connectivity index (χ3v) is 3.79. The Morgan fingerprint density at radius 3 is 2.55 bits per heavy atom. The summed E-state index contributed by atoms with van der Waals surface area (Å²) in [4.78, 5) is 0. The highest BCUT2D eigenvalue weighted by atomic mass is 14.8. The van der Waals surface area contributed by atoms with E-state index in [-0.39, 0.29) is 0 Å². The van der Waals surface area contributed by atoms with E-state index in [1.807, 2.05) is 5.57 Å². The van der Waals surface area contributed by atoms with Crippen LogP contribution in [0.5, 0.6) is 0 Å². The van der Waals surface area contributed by atoms with E-state index in [0.29, 0.717) is 0 Å². The molecule has 2 atom stereocenters. The summed E-state index contributed by atoms with van der Waals surface area (Å²) < 4.78 is 0. The van der Waals surface area contributed by atoms with Crippen molar-refractivity contribution in [2.75, 3.05) is 0 Å². The van der Waals surface area contributed by atoms with Gasteiger partial charge >= 0.3 is 0 Å². The second kappa shape index (κ2) is 1.91. The SMILES string of the molecule is CCC(C)=C1C2CC12C(C)C. The second-order valence-electron chi connectivity index (χ2n) is 4.50. The Bertz CT molecular complexity index is 222. The van der Waals surface area contributed by atoms with Crippen LogP contribution in [0.2, 0.25) is 0 Å². The molecule has 0 aromatic rings. The van der Waals surface area contributed by atoms with Crippen LogP contribution in [-0.2, 0) is 0 Å². The topological polar surface area (TPSA) is 0 Å². The summed E-state index contributed by atoms with van der Waals surface area (Å²) in [5.41, 5.74) is 4.24. The van der Waals surface area contributed by atoms with Crippen LogP contribution in [0.3, 0.4) is 0 Å². The lowest BCUT2D eigenvalue weighted by atomic mass is 9.95. The molecule has 0 N–H and O–H groups in total. The Morgan fingerprint density at radius 2 is 2.27 bits per heavy atom. The average Bonchev–Trinajstić information content (AvgIpc) is 2.71. The monoisotopic (exact) mass is 150 g/mol. The molecular weight excluding hydrogens is 132 g/mol. The van der Waals surface area contributed by atoms with Crippen molar-refractivity contribution in [1.29, 1.82) is 0 Å². The molecule has 0 aromatic carbocycles. The van der Waals surface area contributed by atoms with Crippen LogP contribution >= 0.6 is 0 Å². The normalized spacial score (nSPS) is 43.9. The van der Waals surface area contributed by atoms with Gasteiger partial charge in [-0.05, 0) is 31.6 Å². The van der Waals surface area contributed by atoms with Crippen molar-refractivity contribution in [3.05, 3.63) is 11.1 Å². The minimum absolute atomic E-state index is 0.736. The fourth-order valence-electron chi connectivity index (χ4n) is 2.66. The van der Waals surface area contributed by atoms with E-state index >= 15 is 0 Å². The Morgan fingerprint density at radius 1 is 1.64 bits per heavy atom. The summed E-state index contributed by atoms with van der Waals surface area (Å²) in [6.07, 6.45) is 2.76. The molecule has 0 spiro atoms. The summed E-state index contributed by atoms with van der Waals surface area (Å²) in [5, 5.41) is 0. The summed E-state index contributed by atoms with van der Waals surface area (Å²) in [7, 11) is 0. The van der Waals surface area contributed by atoms with Gasteiger partial charge in [-0.15, -0.1) is 0 Å². The van der Waals surface area contributed by atoms with Crippen LogP contribution < -0.4 is 0 Å². The van der Waals surface area contributed by atoms with E-state index in [2.05, 4.69) is 27.7 Å². The molecule has 2 aliphatic rings. The van der Waals surface area contributed by atoms with E-state index in [1.165, 1.54) is 12.8 Å². The fraction of sp³-hybridized carbons (Fsp3) is 0.818. The molecule has 2 unspecified atom stereocenters. The number of fused-ring (bicyclic) bond motifs is 1. The molecule has 0 nitrogen and oxygen atoms in total. The molecule has 2 aliphatic carbocycles. The summed E-state index contributed by atoms with van der Waals surface area (Å²) in [5.74, 6) is 1.92. The van der Waals surface area contributed by atoms with Crippen molar-refractivity contribution in [1.82, 2.24) is 0 Å². The number of hydrogen-bond acceptors (Lipinski definition) is 0. The molecule has 11 heavy (non-hydrogen) atoms. The lowest BCUT2D eigenvalue weighted by Crippen LogP contribution is -2.00. The van der Waals surface area contributed by atoms with Crippen LogP contribution in [0.15, 0.2) is 11.1 Å². The van der Waals surface area contributed by atoms with Crippen LogP contribution in [-0.4, -0.2) is 0 Å². The first-order chi connectivity index (χ1) is 5.14. The van der Waals surface area contributed by atoms with Gasteiger partial charge < -0.3 is 0 Å². The highest BCUT2D eigenvalue weighted by Crippen LogP contribution is 2.83. The maximum atomic E-state index is 2.37. The molecule has 0 heterocycles. The lowest BCUT2D eigenvalue weighted by molar-refractivity contribution is 0.495. The molecule has 62 valence electrons. The maximum absolute atomic E-state index is 2.37. The third kappa shape index (κ3) is 0.706. The van der Waals surface area contributed by atoms with Crippen molar-refractivity contribution in [3.8, 4) is 0 Å². The third-order valence-electron chi connectivity index (χ3n) is 3.79. The van der Waals surface area contributed by atoms with Crippen molar-refractivity contribution >= 4 is 0 Å². The quantitative estimate of drug-likeness (QED) is 0.529. The predicted octanol–water partition coefficient (Wildman–Crippen LogP) is 3.39. The molecule has 2 rings (SSSR count). The second-order valence-corrected chi connectivity index (χ2v) is 4.50. The van der Waals surface area contributed by atoms with Gasteiger partial charge in [0, 0.05) is 5.41 Å². The highest BCUT2D eigenvalue weighted by Gasteiger charge is 2.75. The molecule has 2 saturated carbocycles. The van der Waals surface area contributed by atoms with E-state index in [9.17, 15) is 0 Å². The largest absolute Gasteiger partial charge is 0.0735 e. The molecule has 0 aromatic heterocycles. The Balaban J connectivity index is 2.17. The van der Waals surface area contributed by atoms with E-state index in [0.717, 1.165) is 17.3 Å². The summed E-state index contributed by atoms with van der Waals surface area (Å²) >= 11 is 0. The number of hydrogen-bond donors (Lipinski definition) is 0. The Labute approximate surface area is 69.7 Å². The van der Waals surface area contributed by atoms with Gasteiger partial charge in [-0.2, -0.15) is 0 Å². The van der Waals surface area contributed by atoms with Gasteiger partial charge in [0.05, 0.1) is 0 Å². The number of rotatable bonds is 2. The predicted molar refractivity (Wildman–Crippen MR) is 48.4 cm³/mol. The van der Waals surface area contributed by atoms with Crippen LogP contribution in [0.1, 0.15) is 40.5 Å². The molecule has 0 radical (unpaired) electrons. The van der Waals surface area contributed by atoms with Gasteiger partial charge in [-0.1, -0.05) is 31.9 Å². The van der Waals surface area contributed by atoms with Gasteiger partial charge in [0.25, 0.3) is 0 Å². The molecule has 0 amide bonds. The smallest absolute Gasteiger partial charge is 0.00126 e. The fourth-order valence-corrected chi connectivity index (χ4v) is 2.66. The minimum Gasteiger partial charge on any atom is -0.0735 e. The zero-order valence-corrected chi connectivity index (χ0v) is 8.07. The summed E-state index contributed by atoms with van der Waals surface area (Å²) in [6, 6.07) is 0. The molecule has 2 fully saturated rings. The van der Waals surface area contributed by atoms with Crippen molar-refractivity contribution in [3.63, 3.8) is 0 Å². The molecule has 0 heteroatoms. The molecular formula is C11H18. The lowest BCUT2D eigenvalue weighted by Gasteiger charge is -2.10. The first kappa shape index (κ1) is 7.39.